The van der Waals surface area contributed by atoms with Crippen molar-refractivity contribution in [2.75, 3.05) is 26.2 Å². The lowest BCUT2D eigenvalue weighted by Crippen LogP contribution is -2.41. The SMILES string of the molecule is CCN(CC)C(=O)CCNCC(=O)NC(N)=O. The monoisotopic (exact) mass is 244 g/mol. The summed E-state index contributed by atoms with van der Waals surface area (Å²) in [7, 11) is 0. The number of nitrogens with zero attached hydrogens (tertiary/aromatic N) is 1. The molecule has 17 heavy (non-hydrogen) atoms. The maximum absolute atomic E-state index is 11.5. The second kappa shape index (κ2) is 8.51. The van der Waals surface area contributed by atoms with Crippen molar-refractivity contribution in [1.29, 1.82) is 0 Å². The number of primary amides is 1. The maximum atomic E-state index is 11.5. The number of urea groups is 1. The van der Waals surface area contributed by atoms with Gasteiger partial charge in [-0.15, -0.1) is 0 Å². The van der Waals surface area contributed by atoms with Crippen LogP contribution in [0.5, 0.6) is 0 Å². The summed E-state index contributed by atoms with van der Waals surface area (Å²) < 4.78 is 0. The first kappa shape index (κ1) is 15.4. The molecule has 0 bridgehead atoms. The zero-order valence-electron chi connectivity index (χ0n) is 10.3. The number of hydrogen-bond donors (Lipinski definition) is 3. The molecule has 0 heterocycles. The first-order valence-corrected chi connectivity index (χ1v) is 5.59. The lowest BCUT2D eigenvalue weighted by Gasteiger charge is -2.18. The largest absolute Gasteiger partial charge is 0.351 e. The number of rotatable bonds is 7. The van der Waals surface area contributed by atoms with E-state index in [2.05, 4.69) is 5.32 Å². The van der Waals surface area contributed by atoms with Crippen molar-refractivity contribution >= 4 is 17.8 Å². The van der Waals surface area contributed by atoms with E-state index in [0.717, 1.165) is 0 Å². The number of nitrogens with two attached hydrogens (primary N) is 1. The summed E-state index contributed by atoms with van der Waals surface area (Å²) in [5.41, 5.74) is 4.76. The Morgan fingerprint density at radius 2 is 1.76 bits per heavy atom. The van der Waals surface area contributed by atoms with Crippen molar-refractivity contribution in [3.63, 3.8) is 0 Å². The Morgan fingerprint density at radius 1 is 1.18 bits per heavy atom. The fourth-order valence-corrected chi connectivity index (χ4v) is 1.31. The third-order valence-corrected chi connectivity index (χ3v) is 2.18. The maximum Gasteiger partial charge on any atom is 0.318 e. The van der Waals surface area contributed by atoms with Gasteiger partial charge in [0.25, 0.3) is 0 Å². The normalized spacial score (nSPS) is 9.76. The second-order valence-corrected chi connectivity index (χ2v) is 3.41. The van der Waals surface area contributed by atoms with Gasteiger partial charge in [-0.1, -0.05) is 0 Å². The van der Waals surface area contributed by atoms with Crippen molar-refractivity contribution in [3.8, 4) is 0 Å². The third-order valence-electron chi connectivity index (χ3n) is 2.18. The van der Waals surface area contributed by atoms with Gasteiger partial charge in [-0.3, -0.25) is 14.9 Å². The van der Waals surface area contributed by atoms with Crippen molar-refractivity contribution in [1.82, 2.24) is 15.5 Å². The van der Waals surface area contributed by atoms with Gasteiger partial charge in [-0.05, 0) is 13.8 Å². The molecule has 0 saturated heterocycles. The molecule has 0 unspecified atom stereocenters. The number of nitrogens with one attached hydrogen (secondary N) is 2. The Bertz CT molecular complexity index is 277. The summed E-state index contributed by atoms with van der Waals surface area (Å²) >= 11 is 0. The minimum absolute atomic E-state index is 0.0333. The molecule has 0 aromatic heterocycles. The minimum atomic E-state index is -0.879. The van der Waals surface area contributed by atoms with E-state index in [4.69, 9.17) is 5.73 Å². The van der Waals surface area contributed by atoms with Crippen molar-refractivity contribution in [2.45, 2.75) is 20.3 Å². The van der Waals surface area contributed by atoms with Crippen LogP contribution in [0.25, 0.3) is 0 Å². The topological polar surface area (TPSA) is 105 Å². The van der Waals surface area contributed by atoms with Crippen molar-refractivity contribution < 1.29 is 14.4 Å². The molecule has 0 rings (SSSR count). The van der Waals surface area contributed by atoms with E-state index < -0.39 is 11.9 Å². The van der Waals surface area contributed by atoms with Crippen LogP contribution < -0.4 is 16.4 Å². The Labute approximate surface area is 101 Å². The number of carbonyl (C=O) groups excluding carboxylic acids is 3. The van der Waals surface area contributed by atoms with Crippen LogP contribution in [-0.2, 0) is 9.59 Å². The lowest BCUT2D eigenvalue weighted by atomic mass is 10.3. The van der Waals surface area contributed by atoms with E-state index in [1.54, 1.807) is 4.90 Å². The van der Waals surface area contributed by atoms with E-state index in [1.807, 2.05) is 19.2 Å². The number of imide groups is 1. The van der Waals surface area contributed by atoms with E-state index in [-0.39, 0.29) is 12.5 Å². The third kappa shape index (κ3) is 7.29. The van der Waals surface area contributed by atoms with E-state index in [0.29, 0.717) is 26.1 Å². The van der Waals surface area contributed by atoms with Gasteiger partial charge >= 0.3 is 6.03 Å². The van der Waals surface area contributed by atoms with Gasteiger partial charge in [0, 0.05) is 26.1 Å². The highest BCUT2D eigenvalue weighted by molar-refractivity contribution is 5.94. The Balaban J connectivity index is 3.67. The van der Waals surface area contributed by atoms with Crippen LogP contribution in [0.3, 0.4) is 0 Å². The summed E-state index contributed by atoms with van der Waals surface area (Å²) in [5, 5.41) is 4.68. The highest BCUT2D eigenvalue weighted by Crippen LogP contribution is 1.92. The summed E-state index contributed by atoms with van der Waals surface area (Å²) in [5.74, 6) is -0.467. The first-order chi connectivity index (χ1) is 8.01. The molecule has 4 amide bonds. The molecule has 98 valence electrons. The predicted molar refractivity (Wildman–Crippen MR) is 63.1 cm³/mol. The van der Waals surface area contributed by atoms with Crippen molar-refractivity contribution in [2.24, 2.45) is 5.73 Å². The summed E-state index contributed by atoms with van der Waals surface area (Å²) in [6, 6.07) is -0.879. The molecular formula is C10H20N4O3. The van der Waals surface area contributed by atoms with Crippen LogP contribution in [-0.4, -0.2) is 48.9 Å². The summed E-state index contributed by atoms with van der Waals surface area (Å²) in [6.45, 7) is 5.54. The summed E-state index contributed by atoms with van der Waals surface area (Å²) in [4.78, 5) is 34.5. The predicted octanol–water partition coefficient (Wildman–Crippen LogP) is -0.971. The fourth-order valence-electron chi connectivity index (χ4n) is 1.31. The van der Waals surface area contributed by atoms with Crippen LogP contribution in [0.4, 0.5) is 4.79 Å². The van der Waals surface area contributed by atoms with Gasteiger partial charge < -0.3 is 16.0 Å². The molecule has 0 radical (unpaired) electrons. The van der Waals surface area contributed by atoms with Gasteiger partial charge in [-0.2, -0.15) is 0 Å². The van der Waals surface area contributed by atoms with Gasteiger partial charge in [0.2, 0.25) is 11.8 Å². The molecule has 0 atom stereocenters. The van der Waals surface area contributed by atoms with Crippen LogP contribution in [0, 0.1) is 0 Å². The Kier molecular flexibility index (Phi) is 7.70. The average molecular weight is 244 g/mol. The molecule has 0 aromatic carbocycles. The van der Waals surface area contributed by atoms with E-state index in [1.165, 1.54) is 0 Å². The average Bonchev–Trinajstić information content (AvgIpc) is 2.25. The quantitative estimate of drug-likeness (QED) is 0.501. The molecular weight excluding hydrogens is 224 g/mol. The number of amides is 4. The van der Waals surface area contributed by atoms with Gasteiger partial charge in [-0.25, -0.2) is 4.79 Å². The minimum Gasteiger partial charge on any atom is -0.351 e. The lowest BCUT2D eigenvalue weighted by molar-refractivity contribution is -0.130. The highest BCUT2D eigenvalue weighted by atomic mass is 16.2. The molecule has 0 spiro atoms. The van der Waals surface area contributed by atoms with Crippen LogP contribution in [0.2, 0.25) is 0 Å². The second-order valence-electron chi connectivity index (χ2n) is 3.41. The molecule has 4 N–H and O–H groups in total. The van der Waals surface area contributed by atoms with Crippen molar-refractivity contribution in [3.05, 3.63) is 0 Å². The number of hydrogen-bond acceptors (Lipinski definition) is 4. The Hall–Kier alpha value is -1.63. The highest BCUT2D eigenvalue weighted by Gasteiger charge is 2.09. The van der Waals surface area contributed by atoms with Crippen LogP contribution in [0.1, 0.15) is 20.3 Å². The van der Waals surface area contributed by atoms with Crippen LogP contribution >= 0.6 is 0 Å². The molecule has 7 heteroatoms. The molecule has 0 aliphatic heterocycles. The molecule has 7 nitrogen and oxygen atoms in total. The standard InChI is InChI=1S/C10H20N4O3/c1-3-14(4-2)9(16)5-6-12-7-8(15)13-10(11)17/h12H,3-7H2,1-2H3,(H3,11,13,15,17). The molecule has 0 aliphatic carbocycles. The zero-order chi connectivity index (χ0) is 13.3. The first-order valence-electron chi connectivity index (χ1n) is 5.59. The zero-order valence-corrected chi connectivity index (χ0v) is 10.3. The van der Waals surface area contributed by atoms with Gasteiger partial charge in [0.05, 0.1) is 6.54 Å². The van der Waals surface area contributed by atoms with Gasteiger partial charge in [0.15, 0.2) is 0 Å². The molecule has 0 aromatic rings. The van der Waals surface area contributed by atoms with E-state index >= 15 is 0 Å². The molecule has 0 saturated carbocycles. The number of carbonyl (C=O) groups is 3. The molecule has 0 aliphatic rings. The smallest absolute Gasteiger partial charge is 0.318 e. The van der Waals surface area contributed by atoms with Gasteiger partial charge in [0.1, 0.15) is 0 Å². The molecule has 0 fully saturated rings. The van der Waals surface area contributed by atoms with E-state index in [9.17, 15) is 14.4 Å². The fraction of sp³-hybridized carbons (Fsp3) is 0.700. The summed E-state index contributed by atoms with van der Waals surface area (Å²) in [6.07, 6.45) is 0.325. The van der Waals surface area contributed by atoms with Crippen LogP contribution in [0.15, 0.2) is 0 Å². The Morgan fingerprint density at radius 3 is 2.24 bits per heavy atom.